The van der Waals surface area contributed by atoms with Gasteiger partial charge >= 0.3 is 0 Å². The average molecular weight is 432 g/mol. The van der Waals surface area contributed by atoms with Gasteiger partial charge in [-0.15, -0.1) is 0 Å². The van der Waals surface area contributed by atoms with Crippen LogP contribution < -0.4 is 10.1 Å². The first kappa shape index (κ1) is 22.2. The SMILES string of the molecule is CCN(CC)S(=O)(=O)c1ccc(C(=O)NC2CCC(Oc3ccccn3)CC2)cc1. The lowest BCUT2D eigenvalue weighted by Gasteiger charge is -2.29. The van der Waals surface area contributed by atoms with Crippen molar-refractivity contribution in [2.45, 2.75) is 56.6 Å². The molecule has 1 heterocycles. The summed E-state index contributed by atoms with van der Waals surface area (Å²) < 4.78 is 32.4. The zero-order valence-electron chi connectivity index (χ0n) is 17.5. The van der Waals surface area contributed by atoms with Crippen molar-refractivity contribution in [1.29, 1.82) is 0 Å². The van der Waals surface area contributed by atoms with Gasteiger partial charge in [-0.25, -0.2) is 13.4 Å². The maximum atomic E-state index is 12.6. The molecule has 1 fully saturated rings. The second-order valence-electron chi connectivity index (χ2n) is 7.35. The quantitative estimate of drug-likeness (QED) is 0.693. The number of benzene rings is 1. The number of nitrogens with one attached hydrogen (secondary N) is 1. The number of carbonyl (C=O) groups excluding carboxylic acids is 1. The molecule has 0 saturated heterocycles. The Morgan fingerprint density at radius 2 is 1.73 bits per heavy atom. The van der Waals surface area contributed by atoms with Crippen LogP contribution in [0, 0.1) is 0 Å². The highest BCUT2D eigenvalue weighted by Crippen LogP contribution is 2.23. The Labute approximate surface area is 178 Å². The van der Waals surface area contributed by atoms with Gasteiger partial charge in [0.05, 0.1) is 4.90 Å². The van der Waals surface area contributed by atoms with Gasteiger partial charge < -0.3 is 10.1 Å². The monoisotopic (exact) mass is 431 g/mol. The van der Waals surface area contributed by atoms with Crippen molar-refractivity contribution >= 4 is 15.9 Å². The third-order valence-electron chi connectivity index (χ3n) is 5.39. The highest BCUT2D eigenvalue weighted by molar-refractivity contribution is 7.89. The van der Waals surface area contributed by atoms with E-state index in [0.717, 1.165) is 25.7 Å². The van der Waals surface area contributed by atoms with Gasteiger partial charge in [0, 0.05) is 37.0 Å². The second-order valence-corrected chi connectivity index (χ2v) is 9.28. The topological polar surface area (TPSA) is 88.6 Å². The van der Waals surface area contributed by atoms with Gasteiger partial charge in [0.1, 0.15) is 6.10 Å². The van der Waals surface area contributed by atoms with Crippen LogP contribution >= 0.6 is 0 Å². The molecular weight excluding hydrogens is 402 g/mol. The number of sulfonamides is 1. The number of carbonyl (C=O) groups is 1. The van der Waals surface area contributed by atoms with Crippen molar-refractivity contribution in [3.8, 4) is 5.88 Å². The lowest BCUT2D eigenvalue weighted by Crippen LogP contribution is -2.39. The minimum atomic E-state index is -3.52. The Balaban J connectivity index is 1.53. The number of hydrogen-bond acceptors (Lipinski definition) is 5. The third kappa shape index (κ3) is 5.37. The average Bonchev–Trinajstić information content (AvgIpc) is 2.76. The Bertz CT molecular complexity index is 921. The van der Waals surface area contributed by atoms with Crippen molar-refractivity contribution in [1.82, 2.24) is 14.6 Å². The molecule has 1 aliphatic rings. The van der Waals surface area contributed by atoms with E-state index in [-0.39, 0.29) is 22.9 Å². The van der Waals surface area contributed by atoms with E-state index >= 15 is 0 Å². The zero-order valence-corrected chi connectivity index (χ0v) is 18.3. The van der Waals surface area contributed by atoms with Crippen LogP contribution in [0.3, 0.4) is 0 Å². The normalized spacial score (nSPS) is 19.4. The first-order valence-corrected chi connectivity index (χ1v) is 11.9. The third-order valence-corrected chi connectivity index (χ3v) is 7.46. The maximum absolute atomic E-state index is 12.6. The molecule has 0 spiro atoms. The van der Waals surface area contributed by atoms with Crippen molar-refractivity contribution in [2.75, 3.05) is 13.1 Å². The fourth-order valence-corrected chi connectivity index (χ4v) is 5.13. The largest absolute Gasteiger partial charge is 0.474 e. The molecule has 0 radical (unpaired) electrons. The first-order chi connectivity index (χ1) is 14.4. The van der Waals surface area contributed by atoms with E-state index in [1.807, 2.05) is 18.2 Å². The van der Waals surface area contributed by atoms with Crippen LogP contribution in [0.1, 0.15) is 49.9 Å². The maximum Gasteiger partial charge on any atom is 0.251 e. The summed E-state index contributed by atoms with van der Waals surface area (Å²) in [4.78, 5) is 17.0. The molecule has 30 heavy (non-hydrogen) atoms. The highest BCUT2D eigenvalue weighted by atomic mass is 32.2. The number of pyridine rings is 1. The highest BCUT2D eigenvalue weighted by Gasteiger charge is 2.25. The summed E-state index contributed by atoms with van der Waals surface area (Å²) in [5.41, 5.74) is 0.459. The van der Waals surface area contributed by atoms with Gasteiger partial charge in [-0.05, 0) is 56.0 Å². The number of ether oxygens (including phenoxy) is 1. The lowest BCUT2D eigenvalue weighted by atomic mass is 9.92. The zero-order chi connectivity index (χ0) is 21.6. The first-order valence-electron chi connectivity index (χ1n) is 10.4. The minimum Gasteiger partial charge on any atom is -0.474 e. The molecular formula is C22H29N3O4S. The molecule has 0 atom stereocenters. The Morgan fingerprint density at radius 1 is 1.07 bits per heavy atom. The van der Waals surface area contributed by atoms with E-state index in [2.05, 4.69) is 10.3 Å². The lowest BCUT2D eigenvalue weighted by molar-refractivity contribution is 0.0890. The molecule has 8 heteroatoms. The Morgan fingerprint density at radius 3 is 2.30 bits per heavy atom. The molecule has 7 nitrogen and oxygen atoms in total. The van der Waals surface area contributed by atoms with Gasteiger partial charge in [0.15, 0.2) is 0 Å². The van der Waals surface area contributed by atoms with E-state index in [0.29, 0.717) is 24.5 Å². The Hall–Kier alpha value is -2.45. The molecule has 1 N–H and O–H groups in total. The molecule has 0 aliphatic heterocycles. The molecule has 162 valence electrons. The van der Waals surface area contributed by atoms with Crippen LogP contribution in [0.15, 0.2) is 53.6 Å². The van der Waals surface area contributed by atoms with Crippen LogP contribution in [0.5, 0.6) is 5.88 Å². The van der Waals surface area contributed by atoms with Crippen LogP contribution in [0.4, 0.5) is 0 Å². The molecule has 1 saturated carbocycles. The molecule has 1 aromatic carbocycles. The predicted molar refractivity (Wildman–Crippen MR) is 115 cm³/mol. The van der Waals surface area contributed by atoms with E-state index < -0.39 is 10.0 Å². The van der Waals surface area contributed by atoms with Crippen LogP contribution in [-0.4, -0.2) is 48.8 Å². The summed E-state index contributed by atoms with van der Waals surface area (Å²) in [6.07, 6.45) is 5.18. The van der Waals surface area contributed by atoms with Gasteiger partial charge in [-0.2, -0.15) is 4.31 Å². The smallest absolute Gasteiger partial charge is 0.251 e. The van der Waals surface area contributed by atoms with Crippen molar-refractivity contribution in [3.05, 3.63) is 54.2 Å². The van der Waals surface area contributed by atoms with Crippen molar-refractivity contribution < 1.29 is 17.9 Å². The van der Waals surface area contributed by atoms with Crippen LogP contribution in [0.2, 0.25) is 0 Å². The molecule has 0 bridgehead atoms. The summed E-state index contributed by atoms with van der Waals surface area (Å²) in [5.74, 6) is 0.445. The number of amides is 1. The van der Waals surface area contributed by atoms with Gasteiger partial charge in [-0.1, -0.05) is 19.9 Å². The molecule has 3 rings (SSSR count). The fourth-order valence-electron chi connectivity index (χ4n) is 3.67. The van der Waals surface area contributed by atoms with Crippen molar-refractivity contribution in [3.63, 3.8) is 0 Å². The molecule has 2 aromatic rings. The van der Waals surface area contributed by atoms with E-state index in [4.69, 9.17) is 4.74 Å². The number of nitrogens with zero attached hydrogens (tertiary/aromatic N) is 2. The predicted octanol–water partition coefficient (Wildman–Crippen LogP) is 3.23. The van der Waals surface area contributed by atoms with E-state index in [1.54, 1.807) is 32.2 Å². The van der Waals surface area contributed by atoms with Crippen LogP contribution in [0.25, 0.3) is 0 Å². The van der Waals surface area contributed by atoms with E-state index in [9.17, 15) is 13.2 Å². The Kier molecular flexibility index (Phi) is 7.44. The second kappa shape index (κ2) is 10.0. The molecule has 1 amide bonds. The summed E-state index contributed by atoms with van der Waals surface area (Å²) in [7, 11) is -3.52. The van der Waals surface area contributed by atoms with Crippen LogP contribution in [-0.2, 0) is 10.0 Å². The van der Waals surface area contributed by atoms with E-state index in [1.165, 1.54) is 16.4 Å². The summed E-state index contributed by atoms with van der Waals surface area (Å²) in [5, 5.41) is 3.05. The van der Waals surface area contributed by atoms with Gasteiger partial charge in [0.2, 0.25) is 15.9 Å². The summed E-state index contributed by atoms with van der Waals surface area (Å²) in [6, 6.07) is 11.8. The van der Waals surface area contributed by atoms with Gasteiger partial charge in [0.25, 0.3) is 5.91 Å². The summed E-state index contributed by atoms with van der Waals surface area (Å²) >= 11 is 0. The number of hydrogen-bond donors (Lipinski definition) is 1. The molecule has 1 aromatic heterocycles. The minimum absolute atomic E-state index is 0.0835. The fraction of sp³-hybridized carbons (Fsp3) is 0.455. The standard InChI is InChI=1S/C22H29N3O4S/c1-3-25(4-2)30(27,28)20-14-8-17(9-15-20)22(26)24-18-10-12-19(13-11-18)29-21-7-5-6-16-23-21/h5-9,14-16,18-19H,3-4,10-13H2,1-2H3,(H,24,26). The van der Waals surface area contributed by atoms with Crippen molar-refractivity contribution in [2.24, 2.45) is 0 Å². The number of aromatic nitrogens is 1. The number of rotatable bonds is 8. The van der Waals surface area contributed by atoms with Gasteiger partial charge in [-0.3, -0.25) is 4.79 Å². The molecule has 1 aliphatic carbocycles. The summed E-state index contributed by atoms with van der Waals surface area (Å²) in [6.45, 7) is 4.43. The molecule has 0 unspecified atom stereocenters.